The van der Waals surface area contributed by atoms with Gasteiger partial charge in [0.25, 0.3) is 0 Å². The molecule has 2 nitrogen and oxygen atoms in total. The van der Waals surface area contributed by atoms with E-state index in [9.17, 15) is 5.11 Å². The van der Waals surface area contributed by atoms with Gasteiger partial charge in [-0.1, -0.05) is 48.5 Å². The summed E-state index contributed by atoms with van der Waals surface area (Å²) in [7, 11) is 0. The minimum absolute atomic E-state index is 0.227. The Bertz CT molecular complexity index is 597. The maximum absolute atomic E-state index is 10.5. The van der Waals surface area contributed by atoms with Gasteiger partial charge in [0.15, 0.2) is 0 Å². The summed E-state index contributed by atoms with van der Waals surface area (Å²) < 4.78 is 0. The first kappa shape index (κ1) is 11.2. The molecule has 1 aliphatic carbocycles. The lowest BCUT2D eigenvalue weighted by atomic mass is 10.1. The van der Waals surface area contributed by atoms with Crippen molar-refractivity contribution in [2.24, 2.45) is 0 Å². The van der Waals surface area contributed by atoms with Crippen LogP contribution in [0.15, 0.2) is 48.5 Å². The molecule has 2 aromatic rings. The highest BCUT2D eigenvalue weighted by Gasteiger charge is 2.36. The summed E-state index contributed by atoms with van der Waals surface area (Å²) in [5, 5.41) is 10.5. The highest BCUT2D eigenvalue weighted by Crippen LogP contribution is 2.37. The lowest BCUT2D eigenvalue weighted by Crippen LogP contribution is -2.34. The molecule has 0 saturated heterocycles. The number of aliphatic hydroxyl groups is 1. The van der Waals surface area contributed by atoms with E-state index < -0.39 is 0 Å². The van der Waals surface area contributed by atoms with Crippen LogP contribution in [0.3, 0.4) is 0 Å². The Morgan fingerprint density at radius 3 is 2.05 bits per heavy atom. The molecule has 2 heteroatoms. The number of hydrogen-bond acceptors (Lipinski definition) is 2. The van der Waals surface area contributed by atoms with Gasteiger partial charge in [-0.15, -0.1) is 0 Å². The number of aliphatic hydroxyl groups excluding tert-OH is 1. The van der Waals surface area contributed by atoms with Gasteiger partial charge in [-0.25, -0.2) is 0 Å². The second kappa shape index (κ2) is 4.19. The van der Waals surface area contributed by atoms with Crippen molar-refractivity contribution >= 4 is 0 Å². The molecule has 0 saturated carbocycles. The third-order valence-corrected chi connectivity index (χ3v) is 4.50. The summed E-state index contributed by atoms with van der Waals surface area (Å²) in [6.45, 7) is 1.93. The second-order valence-corrected chi connectivity index (χ2v) is 5.59. The van der Waals surface area contributed by atoms with Gasteiger partial charge in [-0.05, 0) is 28.7 Å². The molecular weight excluding hydrogens is 234 g/mol. The number of benzene rings is 2. The van der Waals surface area contributed by atoms with E-state index in [4.69, 9.17) is 0 Å². The van der Waals surface area contributed by atoms with Gasteiger partial charge in [0.05, 0.1) is 6.10 Å². The molecule has 0 amide bonds. The SMILES string of the molecule is OC1c2ccccc2CC1N1Cc2ccccc2C1. The first-order valence-electron chi connectivity index (χ1n) is 6.89. The van der Waals surface area contributed by atoms with E-state index in [1.807, 2.05) is 6.07 Å². The van der Waals surface area contributed by atoms with E-state index in [-0.39, 0.29) is 12.1 Å². The van der Waals surface area contributed by atoms with Crippen LogP contribution in [-0.4, -0.2) is 16.0 Å². The molecule has 0 spiro atoms. The van der Waals surface area contributed by atoms with Crippen LogP contribution in [0.1, 0.15) is 28.4 Å². The van der Waals surface area contributed by atoms with Crippen molar-refractivity contribution in [1.29, 1.82) is 0 Å². The molecule has 2 unspecified atom stereocenters. The summed E-state index contributed by atoms with van der Waals surface area (Å²) in [4.78, 5) is 2.41. The molecule has 0 radical (unpaired) electrons. The minimum Gasteiger partial charge on any atom is -0.387 e. The lowest BCUT2D eigenvalue weighted by Gasteiger charge is -2.26. The van der Waals surface area contributed by atoms with Gasteiger partial charge >= 0.3 is 0 Å². The summed E-state index contributed by atoms with van der Waals surface area (Å²) in [6.07, 6.45) is 0.622. The van der Waals surface area contributed by atoms with Gasteiger partial charge in [-0.2, -0.15) is 0 Å². The van der Waals surface area contributed by atoms with E-state index in [1.54, 1.807) is 0 Å². The summed E-state index contributed by atoms with van der Waals surface area (Å²) in [5.41, 5.74) is 5.23. The Kier molecular flexibility index (Phi) is 2.47. The highest BCUT2D eigenvalue weighted by atomic mass is 16.3. The van der Waals surface area contributed by atoms with Crippen LogP contribution < -0.4 is 0 Å². The topological polar surface area (TPSA) is 23.5 Å². The fourth-order valence-corrected chi connectivity index (χ4v) is 3.48. The second-order valence-electron chi connectivity index (χ2n) is 5.59. The molecule has 1 heterocycles. The number of nitrogens with zero attached hydrogens (tertiary/aromatic N) is 1. The van der Waals surface area contributed by atoms with Crippen LogP contribution in [0.5, 0.6) is 0 Å². The highest BCUT2D eigenvalue weighted by molar-refractivity contribution is 5.37. The molecule has 96 valence electrons. The number of rotatable bonds is 1. The molecule has 1 aliphatic heterocycles. The van der Waals surface area contributed by atoms with Crippen molar-refractivity contribution in [3.8, 4) is 0 Å². The Morgan fingerprint density at radius 2 is 1.42 bits per heavy atom. The first-order valence-corrected chi connectivity index (χ1v) is 6.89. The minimum atomic E-state index is -0.342. The van der Waals surface area contributed by atoms with Crippen LogP contribution in [-0.2, 0) is 19.5 Å². The molecule has 0 fully saturated rings. The van der Waals surface area contributed by atoms with Crippen LogP contribution in [0.25, 0.3) is 0 Å². The number of fused-ring (bicyclic) bond motifs is 2. The summed E-state index contributed by atoms with van der Waals surface area (Å²) >= 11 is 0. The van der Waals surface area contributed by atoms with Gasteiger partial charge in [0, 0.05) is 19.1 Å². The third-order valence-electron chi connectivity index (χ3n) is 4.50. The molecule has 19 heavy (non-hydrogen) atoms. The Labute approximate surface area is 113 Å². The van der Waals surface area contributed by atoms with E-state index in [1.165, 1.54) is 16.7 Å². The predicted octanol–water partition coefficient (Wildman–Crippen LogP) is 2.66. The zero-order chi connectivity index (χ0) is 12.8. The van der Waals surface area contributed by atoms with Crippen molar-refractivity contribution in [3.63, 3.8) is 0 Å². The fraction of sp³-hybridized carbons (Fsp3) is 0.294. The van der Waals surface area contributed by atoms with Crippen LogP contribution in [0.2, 0.25) is 0 Å². The Morgan fingerprint density at radius 1 is 0.842 bits per heavy atom. The van der Waals surface area contributed by atoms with Crippen LogP contribution in [0.4, 0.5) is 0 Å². The third kappa shape index (κ3) is 1.71. The summed E-state index contributed by atoms with van der Waals surface area (Å²) in [5.74, 6) is 0. The zero-order valence-corrected chi connectivity index (χ0v) is 10.8. The average Bonchev–Trinajstić information content (AvgIpc) is 3.00. The van der Waals surface area contributed by atoms with Gasteiger partial charge < -0.3 is 5.11 Å². The van der Waals surface area contributed by atoms with E-state index in [0.29, 0.717) is 0 Å². The standard InChI is InChI=1S/C17H17NO/c19-17-15-8-4-3-5-12(15)9-16(17)18-10-13-6-1-2-7-14(13)11-18/h1-8,16-17,19H,9-11H2. The molecule has 0 bridgehead atoms. The zero-order valence-electron chi connectivity index (χ0n) is 10.8. The van der Waals surface area contributed by atoms with E-state index >= 15 is 0 Å². The summed E-state index contributed by atoms with van der Waals surface area (Å²) in [6, 6.07) is 17.1. The molecule has 2 atom stereocenters. The maximum atomic E-state index is 10.5. The quantitative estimate of drug-likeness (QED) is 0.842. The first-order chi connectivity index (χ1) is 9.33. The fourth-order valence-electron chi connectivity index (χ4n) is 3.48. The van der Waals surface area contributed by atoms with Crippen LogP contribution in [0, 0.1) is 0 Å². The largest absolute Gasteiger partial charge is 0.387 e. The smallest absolute Gasteiger partial charge is 0.0951 e. The molecule has 2 aromatic carbocycles. The number of hydrogen-bond donors (Lipinski definition) is 1. The van der Waals surface area contributed by atoms with Gasteiger partial charge in [0.2, 0.25) is 0 Å². The van der Waals surface area contributed by atoms with Crippen molar-refractivity contribution in [3.05, 3.63) is 70.8 Å². The van der Waals surface area contributed by atoms with E-state index in [0.717, 1.165) is 25.1 Å². The van der Waals surface area contributed by atoms with Crippen molar-refractivity contribution in [2.75, 3.05) is 0 Å². The Balaban J connectivity index is 1.61. The van der Waals surface area contributed by atoms with Gasteiger partial charge in [-0.3, -0.25) is 4.90 Å². The maximum Gasteiger partial charge on any atom is 0.0951 e. The van der Waals surface area contributed by atoms with Crippen LogP contribution >= 0.6 is 0 Å². The van der Waals surface area contributed by atoms with Crippen molar-refractivity contribution < 1.29 is 5.11 Å². The monoisotopic (exact) mass is 251 g/mol. The molecule has 1 N–H and O–H groups in total. The predicted molar refractivity (Wildman–Crippen MR) is 74.6 cm³/mol. The lowest BCUT2D eigenvalue weighted by molar-refractivity contribution is 0.0587. The molecule has 2 aliphatic rings. The van der Waals surface area contributed by atoms with E-state index in [2.05, 4.69) is 47.4 Å². The van der Waals surface area contributed by atoms with Gasteiger partial charge in [0.1, 0.15) is 0 Å². The van der Waals surface area contributed by atoms with Crippen molar-refractivity contribution in [2.45, 2.75) is 31.7 Å². The molecular formula is C17H17NO. The Hall–Kier alpha value is -1.64. The van der Waals surface area contributed by atoms with Crippen molar-refractivity contribution in [1.82, 2.24) is 4.90 Å². The molecule has 0 aromatic heterocycles. The molecule has 4 rings (SSSR count). The average molecular weight is 251 g/mol. The normalized spacial score (nSPS) is 25.3.